The highest BCUT2D eigenvalue weighted by Crippen LogP contribution is 2.45. The molecule has 1 aromatic carbocycles. The number of carbonyl (C=O) groups excluding carboxylic acids is 2. The third-order valence-electron chi connectivity index (χ3n) is 5.09. The van der Waals surface area contributed by atoms with Gasteiger partial charge in [0.2, 0.25) is 11.8 Å². The molecule has 28 heavy (non-hydrogen) atoms. The van der Waals surface area contributed by atoms with Crippen LogP contribution in [0, 0.1) is 19.8 Å². The number of aryl methyl sites for hydroxylation is 2. The van der Waals surface area contributed by atoms with Crippen LogP contribution in [0.15, 0.2) is 28.8 Å². The molecule has 0 spiro atoms. The minimum Gasteiger partial charge on any atom is -0.496 e. The largest absolute Gasteiger partial charge is 0.496 e. The number of hydrogen-bond donors (Lipinski definition) is 2. The second kappa shape index (κ2) is 8.46. The van der Waals surface area contributed by atoms with E-state index in [4.69, 9.17) is 9.26 Å². The van der Waals surface area contributed by atoms with Gasteiger partial charge in [0.15, 0.2) is 5.82 Å². The number of methoxy groups -OCH3 is 1. The maximum Gasteiger partial charge on any atom is 0.247 e. The number of benzene rings is 1. The highest BCUT2D eigenvalue weighted by molar-refractivity contribution is 5.96. The number of hydrogen-bond acceptors (Lipinski definition) is 5. The van der Waals surface area contributed by atoms with Gasteiger partial charge in [-0.1, -0.05) is 17.3 Å². The molecule has 7 heteroatoms. The molecule has 1 unspecified atom stereocenters. The van der Waals surface area contributed by atoms with Gasteiger partial charge in [-0.3, -0.25) is 9.59 Å². The Labute approximate surface area is 164 Å². The second-order valence-electron chi connectivity index (χ2n) is 7.48. The molecule has 1 saturated carbocycles. The summed E-state index contributed by atoms with van der Waals surface area (Å²) in [6.07, 6.45) is 2.62. The summed E-state index contributed by atoms with van der Waals surface area (Å²) in [4.78, 5) is 24.8. The molecule has 1 fully saturated rings. The van der Waals surface area contributed by atoms with Crippen molar-refractivity contribution in [3.8, 4) is 5.75 Å². The molecule has 1 aromatic heterocycles. The summed E-state index contributed by atoms with van der Waals surface area (Å²) in [6, 6.07) is 7.04. The fraction of sp³-hybridized carbons (Fsp3) is 0.476. The summed E-state index contributed by atoms with van der Waals surface area (Å²) in [5, 5.41) is 9.16. The first-order valence-electron chi connectivity index (χ1n) is 9.55. The van der Waals surface area contributed by atoms with Crippen LogP contribution in [-0.4, -0.2) is 30.1 Å². The molecule has 1 heterocycles. The standard InChI is InChI=1S/C21H27N3O4/c1-12-9-16(7-8-18(12)27-4)17(15-5-6-15)11-20(25)22-14(3)21(26)23-19-10-13(2)28-24-19/h7-10,14-15,17H,5-6,11H2,1-4H3,(H,22,25)(H,23,24,26)/t14-,17?/m0/s1. The van der Waals surface area contributed by atoms with Crippen molar-refractivity contribution < 1.29 is 18.8 Å². The van der Waals surface area contributed by atoms with Crippen LogP contribution in [0.1, 0.15) is 49.0 Å². The van der Waals surface area contributed by atoms with Crippen molar-refractivity contribution in [2.45, 2.75) is 52.0 Å². The van der Waals surface area contributed by atoms with E-state index in [-0.39, 0.29) is 17.7 Å². The van der Waals surface area contributed by atoms with Gasteiger partial charge in [0.1, 0.15) is 17.6 Å². The summed E-state index contributed by atoms with van der Waals surface area (Å²) in [5.74, 6) is 1.99. The average Bonchev–Trinajstić information content (AvgIpc) is 3.41. The van der Waals surface area contributed by atoms with Crippen LogP contribution in [-0.2, 0) is 9.59 Å². The van der Waals surface area contributed by atoms with Crippen molar-refractivity contribution in [1.82, 2.24) is 10.5 Å². The molecule has 0 aliphatic heterocycles. The molecule has 2 amide bonds. The van der Waals surface area contributed by atoms with Crippen molar-refractivity contribution in [1.29, 1.82) is 0 Å². The number of nitrogens with one attached hydrogen (secondary N) is 2. The molecular formula is C21H27N3O4. The Bertz CT molecular complexity index is 857. The first-order chi connectivity index (χ1) is 13.4. The van der Waals surface area contributed by atoms with Gasteiger partial charge >= 0.3 is 0 Å². The van der Waals surface area contributed by atoms with E-state index in [0.29, 0.717) is 23.9 Å². The van der Waals surface area contributed by atoms with Crippen LogP contribution >= 0.6 is 0 Å². The zero-order valence-electron chi connectivity index (χ0n) is 16.7. The summed E-state index contributed by atoms with van der Waals surface area (Å²) < 4.78 is 10.3. The van der Waals surface area contributed by atoms with Gasteiger partial charge in [0.25, 0.3) is 0 Å². The van der Waals surface area contributed by atoms with Crippen LogP contribution in [0.25, 0.3) is 0 Å². The lowest BCUT2D eigenvalue weighted by Crippen LogP contribution is -2.42. The third-order valence-corrected chi connectivity index (χ3v) is 5.09. The summed E-state index contributed by atoms with van der Waals surface area (Å²) in [6.45, 7) is 5.40. The topological polar surface area (TPSA) is 93.5 Å². The monoisotopic (exact) mass is 385 g/mol. The molecule has 0 saturated heterocycles. The predicted molar refractivity (Wildman–Crippen MR) is 105 cm³/mol. The van der Waals surface area contributed by atoms with E-state index in [2.05, 4.69) is 21.9 Å². The van der Waals surface area contributed by atoms with E-state index in [9.17, 15) is 9.59 Å². The Hall–Kier alpha value is -2.83. The van der Waals surface area contributed by atoms with Gasteiger partial charge in [-0.05, 0) is 62.6 Å². The minimum absolute atomic E-state index is 0.135. The van der Waals surface area contributed by atoms with Gasteiger partial charge in [-0.2, -0.15) is 0 Å². The van der Waals surface area contributed by atoms with E-state index in [1.165, 1.54) is 0 Å². The molecule has 2 aromatic rings. The molecular weight excluding hydrogens is 358 g/mol. The van der Waals surface area contributed by atoms with Crippen LogP contribution in [0.3, 0.4) is 0 Å². The van der Waals surface area contributed by atoms with Crippen molar-refractivity contribution in [2.24, 2.45) is 5.92 Å². The van der Waals surface area contributed by atoms with Gasteiger partial charge in [-0.15, -0.1) is 0 Å². The smallest absolute Gasteiger partial charge is 0.247 e. The molecule has 2 atom stereocenters. The van der Waals surface area contributed by atoms with Crippen molar-refractivity contribution in [3.05, 3.63) is 41.2 Å². The first kappa shape index (κ1) is 19.9. The predicted octanol–water partition coefficient (Wildman–Crippen LogP) is 3.33. The molecule has 7 nitrogen and oxygen atoms in total. The molecule has 0 radical (unpaired) electrons. The quantitative estimate of drug-likeness (QED) is 0.727. The minimum atomic E-state index is -0.665. The normalized spacial score (nSPS) is 15.6. The first-order valence-corrected chi connectivity index (χ1v) is 9.55. The highest BCUT2D eigenvalue weighted by atomic mass is 16.5. The molecule has 0 bridgehead atoms. The van der Waals surface area contributed by atoms with Crippen LogP contribution in [0.4, 0.5) is 5.82 Å². The van der Waals surface area contributed by atoms with Crippen LogP contribution < -0.4 is 15.4 Å². The summed E-state index contributed by atoms with van der Waals surface area (Å²) in [5.41, 5.74) is 2.20. The molecule has 150 valence electrons. The van der Waals surface area contributed by atoms with E-state index in [0.717, 1.165) is 29.7 Å². The maximum absolute atomic E-state index is 12.6. The third kappa shape index (κ3) is 4.91. The fourth-order valence-electron chi connectivity index (χ4n) is 3.41. The molecule has 3 rings (SSSR count). The number of ether oxygens (including phenoxy) is 1. The van der Waals surface area contributed by atoms with Gasteiger partial charge in [0, 0.05) is 12.5 Å². The maximum atomic E-state index is 12.6. The van der Waals surface area contributed by atoms with E-state index in [1.54, 1.807) is 27.0 Å². The molecule has 2 N–H and O–H groups in total. The Morgan fingerprint density at radius 2 is 2.04 bits per heavy atom. The fourth-order valence-corrected chi connectivity index (χ4v) is 3.41. The number of aromatic nitrogens is 1. The Balaban J connectivity index is 1.59. The average molecular weight is 385 g/mol. The van der Waals surface area contributed by atoms with Crippen molar-refractivity contribution in [3.63, 3.8) is 0 Å². The van der Waals surface area contributed by atoms with Gasteiger partial charge in [-0.25, -0.2) is 0 Å². The Kier molecular flexibility index (Phi) is 6.02. The van der Waals surface area contributed by atoms with Crippen LogP contribution in [0.5, 0.6) is 5.75 Å². The molecule has 1 aliphatic carbocycles. The van der Waals surface area contributed by atoms with E-state index >= 15 is 0 Å². The number of rotatable bonds is 8. The summed E-state index contributed by atoms with van der Waals surface area (Å²) >= 11 is 0. The Morgan fingerprint density at radius 1 is 1.29 bits per heavy atom. The van der Waals surface area contributed by atoms with Gasteiger partial charge < -0.3 is 19.9 Å². The second-order valence-corrected chi connectivity index (χ2v) is 7.48. The summed E-state index contributed by atoms with van der Waals surface area (Å²) in [7, 11) is 1.65. The molecule has 1 aliphatic rings. The zero-order chi connectivity index (χ0) is 20.3. The number of anilines is 1. The number of amides is 2. The SMILES string of the molecule is COc1ccc(C(CC(=O)N[C@@H](C)C(=O)Nc2cc(C)on2)C2CC2)cc1C. The van der Waals surface area contributed by atoms with Crippen LogP contribution in [0.2, 0.25) is 0 Å². The lowest BCUT2D eigenvalue weighted by Gasteiger charge is -2.19. The zero-order valence-corrected chi connectivity index (χ0v) is 16.7. The van der Waals surface area contributed by atoms with E-state index in [1.807, 2.05) is 19.1 Å². The number of nitrogens with zero attached hydrogens (tertiary/aromatic N) is 1. The van der Waals surface area contributed by atoms with E-state index < -0.39 is 6.04 Å². The lowest BCUT2D eigenvalue weighted by molar-refractivity contribution is -0.126. The highest BCUT2D eigenvalue weighted by Gasteiger charge is 2.34. The lowest BCUT2D eigenvalue weighted by atomic mass is 9.89. The number of carbonyl (C=O) groups is 2. The van der Waals surface area contributed by atoms with Gasteiger partial charge in [0.05, 0.1) is 7.11 Å². The Morgan fingerprint density at radius 3 is 2.61 bits per heavy atom. The van der Waals surface area contributed by atoms with Crippen molar-refractivity contribution >= 4 is 17.6 Å². The van der Waals surface area contributed by atoms with Crippen molar-refractivity contribution in [2.75, 3.05) is 12.4 Å².